The van der Waals surface area contributed by atoms with Gasteiger partial charge >= 0.3 is 11.9 Å². The van der Waals surface area contributed by atoms with E-state index in [1.165, 1.54) is 0 Å². The molecule has 3 aliphatic carbocycles. The van der Waals surface area contributed by atoms with Crippen LogP contribution in [-0.2, 0) is 19.1 Å². The highest BCUT2D eigenvalue weighted by Gasteiger charge is 2.48. The molecule has 0 radical (unpaired) electrons. The third kappa shape index (κ3) is 4.39. The van der Waals surface area contributed by atoms with Crippen molar-refractivity contribution in [1.82, 2.24) is 0 Å². The Balaban J connectivity index is 1.65. The number of carbonyl (C=O) groups excluding carboxylic acids is 3. The molecule has 0 aromatic heterocycles. The Kier molecular flexibility index (Phi) is 6.05. The second-order valence-corrected chi connectivity index (χ2v) is 9.95. The summed E-state index contributed by atoms with van der Waals surface area (Å²) in [5, 5.41) is 0. The summed E-state index contributed by atoms with van der Waals surface area (Å²) in [5.74, 6) is 6.22. The molecule has 0 spiro atoms. The molecule has 5 nitrogen and oxygen atoms in total. The Bertz CT molecular complexity index is 1090. The average Bonchev–Trinajstić information content (AvgIpc) is 3.15. The quantitative estimate of drug-likeness (QED) is 0.377. The van der Waals surface area contributed by atoms with Crippen LogP contribution in [0.25, 0.3) is 0 Å². The number of carbonyl (C=O) groups is 3. The Hall–Kier alpha value is -3.13. The molecule has 172 valence electrons. The van der Waals surface area contributed by atoms with Gasteiger partial charge in [-0.05, 0) is 37.8 Å². The van der Waals surface area contributed by atoms with Crippen molar-refractivity contribution in [2.75, 3.05) is 6.61 Å². The van der Waals surface area contributed by atoms with E-state index >= 15 is 0 Å². The number of hydrogen-bond acceptors (Lipinski definition) is 5. The van der Waals surface area contributed by atoms with Crippen LogP contribution < -0.4 is 0 Å². The molecule has 0 N–H and O–H groups in total. The second kappa shape index (κ2) is 8.67. The van der Waals surface area contributed by atoms with Crippen LogP contribution in [-0.4, -0.2) is 30.4 Å². The molecule has 0 amide bonds. The van der Waals surface area contributed by atoms with Crippen molar-refractivity contribution in [2.45, 2.75) is 59.0 Å². The van der Waals surface area contributed by atoms with Crippen LogP contribution in [0, 0.1) is 28.6 Å². The highest BCUT2D eigenvalue weighted by atomic mass is 16.5. The van der Waals surface area contributed by atoms with Gasteiger partial charge in [0.05, 0.1) is 17.7 Å². The number of rotatable bonds is 4. The monoisotopic (exact) mass is 446 g/mol. The zero-order valence-electron chi connectivity index (χ0n) is 19.5. The predicted molar refractivity (Wildman–Crippen MR) is 124 cm³/mol. The minimum absolute atomic E-state index is 0.204. The molecule has 2 fully saturated rings. The predicted octanol–water partition coefficient (Wildman–Crippen LogP) is 4.82. The summed E-state index contributed by atoms with van der Waals surface area (Å²) in [6, 6.07) is 8.80. The molecule has 0 heterocycles. The number of ether oxygens (including phenoxy) is 2. The van der Waals surface area contributed by atoms with E-state index in [2.05, 4.69) is 18.4 Å². The Morgan fingerprint density at radius 1 is 1.12 bits per heavy atom. The number of hydrogen-bond donors (Lipinski definition) is 0. The van der Waals surface area contributed by atoms with Crippen molar-refractivity contribution in [3.63, 3.8) is 0 Å². The minimum atomic E-state index is -0.677. The van der Waals surface area contributed by atoms with Crippen LogP contribution in [0.15, 0.2) is 53.6 Å². The number of esters is 2. The van der Waals surface area contributed by atoms with Crippen molar-refractivity contribution in [3.8, 4) is 11.8 Å². The minimum Gasteiger partial charge on any atom is -0.463 e. The number of ketones is 1. The van der Waals surface area contributed by atoms with Gasteiger partial charge in [-0.1, -0.05) is 56.0 Å². The van der Waals surface area contributed by atoms with Gasteiger partial charge in [-0.15, -0.1) is 0 Å². The van der Waals surface area contributed by atoms with E-state index in [1.54, 1.807) is 31.2 Å². The van der Waals surface area contributed by atoms with Gasteiger partial charge in [0.2, 0.25) is 0 Å². The van der Waals surface area contributed by atoms with Crippen LogP contribution in [0.2, 0.25) is 0 Å². The van der Waals surface area contributed by atoms with Crippen LogP contribution in [0.4, 0.5) is 0 Å². The summed E-state index contributed by atoms with van der Waals surface area (Å²) < 4.78 is 11.2. The van der Waals surface area contributed by atoms with E-state index in [0.717, 1.165) is 12.0 Å². The molecule has 3 aliphatic rings. The second-order valence-electron chi connectivity index (χ2n) is 9.95. The smallest absolute Gasteiger partial charge is 0.338 e. The number of fused-ring (bicyclic) bond motifs is 2. The lowest BCUT2D eigenvalue weighted by molar-refractivity contribution is -0.138. The Morgan fingerprint density at radius 3 is 2.55 bits per heavy atom. The van der Waals surface area contributed by atoms with E-state index < -0.39 is 28.9 Å². The molecular weight excluding hydrogens is 416 g/mol. The molecule has 1 unspecified atom stereocenters. The lowest BCUT2D eigenvalue weighted by Crippen LogP contribution is -2.31. The fraction of sp³-hybridized carbons (Fsp3) is 0.464. The summed E-state index contributed by atoms with van der Waals surface area (Å²) in [5.41, 5.74) is 1.54. The number of allylic oxidation sites excluding steroid dienone is 1. The van der Waals surface area contributed by atoms with Gasteiger partial charge in [0.15, 0.2) is 0 Å². The maximum Gasteiger partial charge on any atom is 0.338 e. The van der Waals surface area contributed by atoms with E-state index in [0.29, 0.717) is 36.0 Å². The SMILES string of the molecule is C=C1C[C@@]2(C#CC3=C(C(=O)OCC)CC(OC(=O)c4ccccc4)C3(C)C)CC(=O)C[C@@H]1C2. The normalized spacial score (nSPS) is 27.7. The molecule has 1 aromatic carbocycles. The van der Waals surface area contributed by atoms with E-state index in [4.69, 9.17) is 9.47 Å². The summed E-state index contributed by atoms with van der Waals surface area (Å²) in [6.07, 6.45) is 2.22. The molecule has 0 saturated heterocycles. The van der Waals surface area contributed by atoms with Crippen molar-refractivity contribution in [2.24, 2.45) is 16.7 Å². The lowest BCUT2D eigenvalue weighted by atomic mass is 9.75. The summed E-state index contributed by atoms with van der Waals surface area (Å²) in [4.78, 5) is 37.8. The van der Waals surface area contributed by atoms with Gasteiger partial charge in [-0.25, -0.2) is 9.59 Å². The van der Waals surface area contributed by atoms with Crippen molar-refractivity contribution >= 4 is 17.7 Å². The maximum atomic E-state index is 12.8. The topological polar surface area (TPSA) is 69.7 Å². The van der Waals surface area contributed by atoms with Crippen molar-refractivity contribution in [1.29, 1.82) is 0 Å². The van der Waals surface area contributed by atoms with Crippen LogP contribution in [0.5, 0.6) is 0 Å². The summed E-state index contributed by atoms with van der Waals surface area (Å²) in [7, 11) is 0. The lowest BCUT2D eigenvalue weighted by Gasteiger charge is -2.29. The number of Topliss-reactive ketones (excluding diaryl/α,β-unsaturated/α-hetero) is 1. The Morgan fingerprint density at radius 2 is 1.85 bits per heavy atom. The van der Waals surface area contributed by atoms with Gasteiger partial charge in [-0.2, -0.15) is 0 Å². The highest BCUT2D eigenvalue weighted by Crippen LogP contribution is 2.52. The molecule has 0 aliphatic heterocycles. The molecule has 1 aromatic rings. The van der Waals surface area contributed by atoms with Gasteiger partial charge in [0, 0.05) is 35.7 Å². The highest BCUT2D eigenvalue weighted by molar-refractivity contribution is 5.93. The standard InChI is InChI=1S/C28H30O5/c1-5-32-26(31)22-14-24(33-25(30)19-9-7-6-8-10-19)27(3,4)23(22)11-12-28-15-18(2)20(16-28)13-21(29)17-28/h6-10,20,24H,2,5,13-17H2,1,3-4H3/t20-,24?,28-/m1/s1. The van der Waals surface area contributed by atoms with Crippen molar-refractivity contribution < 1.29 is 23.9 Å². The Labute approximate surface area is 195 Å². The fourth-order valence-electron chi connectivity index (χ4n) is 5.37. The zero-order chi connectivity index (χ0) is 23.8. The van der Waals surface area contributed by atoms with Crippen molar-refractivity contribution in [3.05, 3.63) is 59.2 Å². The maximum absolute atomic E-state index is 12.8. The van der Waals surface area contributed by atoms with Crippen LogP contribution in [0.3, 0.4) is 0 Å². The van der Waals surface area contributed by atoms with E-state index in [-0.39, 0.29) is 24.7 Å². The van der Waals surface area contributed by atoms with Crippen LogP contribution >= 0.6 is 0 Å². The first-order valence-electron chi connectivity index (χ1n) is 11.5. The first-order valence-corrected chi connectivity index (χ1v) is 11.5. The third-order valence-electron chi connectivity index (χ3n) is 7.16. The molecule has 2 bridgehead atoms. The largest absolute Gasteiger partial charge is 0.463 e. The van der Waals surface area contributed by atoms with E-state index in [1.807, 2.05) is 19.9 Å². The summed E-state index contributed by atoms with van der Waals surface area (Å²) in [6.45, 7) is 10.0. The van der Waals surface area contributed by atoms with Gasteiger partial charge < -0.3 is 9.47 Å². The zero-order valence-corrected chi connectivity index (χ0v) is 19.5. The average molecular weight is 447 g/mol. The molecule has 3 atom stereocenters. The molecular formula is C28H30O5. The molecule has 5 heteroatoms. The van der Waals surface area contributed by atoms with Gasteiger partial charge in [0.1, 0.15) is 11.9 Å². The van der Waals surface area contributed by atoms with Crippen LogP contribution in [0.1, 0.15) is 63.2 Å². The third-order valence-corrected chi connectivity index (χ3v) is 7.16. The number of benzene rings is 1. The van der Waals surface area contributed by atoms with E-state index in [9.17, 15) is 14.4 Å². The first-order chi connectivity index (χ1) is 15.6. The molecule has 33 heavy (non-hydrogen) atoms. The molecule has 2 saturated carbocycles. The first kappa shape index (κ1) is 23.0. The fourth-order valence-corrected chi connectivity index (χ4v) is 5.37. The van der Waals surface area contributed by atoms with Gasteiger partial charge in [0.25, 0.3) is 0 Å². The van der Waals surface area contributed by atoms with Gasteiger partial charge in [-0.3, -0.25) is 4.79 Å². The summed E-state index contributed by atoms with van der Waals surface area (Å²) >= 11 is 0. The molecule has 4 rings (SSSR count).